The predicted octanol–water partition coefficient (Wildman–Crippen LogP) is 1.30. The highest BCUT2D eigenvalue weighted by Gasteiger charge is 2.36. The van der Waals surface area contributed by atoms with Gasteiger partial charge >= 0.3 is 0 Å². The molecule has 0 radical (unpaired) electrons. The van der Waals surface area contributed by atoms with E-state index in [2.05, 4.69) is 10.3 Å². The third-order valence-electron chi connectivity index (χ3n) is 3.45. The van der Waals surface area contributed by atoms with E-state index in [-0.39, 0.29) is 22.4 Å². The van der Waals surface area contributed by atoms with E-state index in [4.69, 9.17) is 0 Å². The monoisotopic (exact) mass is 311 g/mol. The van der Waals surface area contributed by atoms with Crippen LogP contribution in [0.2, 0.25) is 0 Å². The maximum Gasteiger partial charge on any atom is 0.225 e. The van der Waals surface area contributed by atoms with Crippen LogP contribution in [0.15, 0.2) is 23.2 Å². The lowest BCUT2D eigenvalue weighted by atomic mass is 10.1. The number of hydrogen-bond donors (Lipinski definition) is 1. The average molecular weight is 311 g/mol. The minimum atomic E-state index is -3.35. The molecule has 0 aromatic carbocycles. The van der Waals surface area contributed by atoms with E-state index in [0.717, 1.165) is 6.26 Å². The van der Waals surface area contributed by atoms with Crippen molar-refractivity contribution in [2.45, 2.75) is 43.7 Å². The van der Waals surface area contributed by atoms with Crippen molar-refractivity contribution in [1.29, 1.82) is 0 Å². The molecule has 2 heterocycles. The van der Waals surface area contributed by atoms with Gasteiger partial charge in [0, 0.05) is 31.0 Å². The van der Waals surface area contributed by atoms with E-state index < -0.39 is 9.84 Å². The fraction of sp³-hybridized carbons (Fsp3) is 0.571. The van der Waals surface area contributed by atoms with Crippen molar-refractivity contribution in [2.75, 3.05) is 18.1 Å². The molecule has 6 nitrogen and oxygen atoms in total. The molecule has 1 saturated heterocycles. The summed E-state index contributed by atoms with van der Waals surface area (Å²) in [5.74, 6) is 0.380. The van der Waals surface area contributed by atoms with Gasteiger partial charge < -0.3 is 10.2 Å². The number of carbonyl (C=O) groups excluding carboxylic acids is 1. The Kier molecular flexibility index (Phi) is 3.97. The van der Waals surface area contributed by atoms with Crippen molar-refractivity contribution in [3.8, 4) is 0 Å². The topological polar surface area (TPSA) is 79.4 Å². The Bertz CT molecular complexity index is 650. The van der Waals surface area contributed by atoms with E-state index in [1.54, 1.807) is 11.0 Å². The van der Waals surface area contributed by atoms with E-state index in [9.17, 15) is 13.2 Å². The van der Waals surface area contributed by atoms with Gasteiger partial charge in [0.2, 0.25) is 5.91 Å². The maximum absolute atomic E-state index is 12.1. The molecule has 0 aliphatic carbocycles. The second-order valence-electron chi connectivity index (χ2n) is 6.34. The largest absolute Gasteiger partial charge is 0.364 e. The number of carbonyl (C=O) groups is 1. The minimum absolute atomic E-state index is 0.0665. The first-order valence-corrected chi connectivity index (χ1v) is 8.70. The Balaban J connectivity index is 2.20. The van der Waals surface area contributed by atoms with Gasteiger partial charge in [-0.15, -0.1) is 0 Å². The molecule has 1 aliphatic rings. The van der Waals surface area contributed by atoms with Crippen LogP contribution in [0.25, 0.3) is 0 Å². The number of hydrogen-bond acceptors (Lipinski definition) is 5. The molecular formula is C14H21N3O3S. The molecule has 0 saturated carbocycles. The minimum Gasteiger partial charge on any atom is -0.364 e. The lowest BCUT2D eigenvalue weighted by Crippen LogP contribution is -2.43. The van der Waals surface area contributed by atoms with E-state index in [0.29, 0.717) is 18.8 Å². The Morgan fingerprint density at radius 3 is 2.57 bits per heavy atom. The molecule has 1 aliphatic heterocycles. The number of nitrogens with zero attached hydrogens (tertiary/aromatic N) is 2. The number of rotatable bonds is 3. The fourth-order valence-corrected chi connectivity index (χ4v) is 3.23. The van der Waals surface area contributed by atoms with Crippen LogP contribution in [-0.2, 0) is 14.6 Å². The second-order valence-corrected chi connectivity index (χ2v) is 8.33. The molecule has 0 spiro atoms. The normalized spacial score (nSPS) is 19.9. The van der Waals surface area contributed by atoms with Crippen LogP contribution in [0.4, 0.5) is 5.82 Å². The van der Waals surface area contributed by atoms with Gasteiger partial charge in [0.15, 0.2) is 9.84 Å². The van der Waals surface area contributed by atoms with Gasteiger partial charge in [0.05, 0.1) is 6.04 Å². The molecule has 1 amide bonds. The highest BCUT2D eigenvalue weighted by atomic mass is 32.2. The first-order chi connectivity index (χ1) is 9.59. The summed E-state index contributed by atoms with van der Waals surface area (Å²) in [6.45, 7) is 6.49. The van der Waals surface area contributed by atoms with Crippen LogP contribution >= 0.6 is 0 Å². The smallest absolute Gasteiger partial charge is 0.225 e. The summed E-state index contributed by atoms with van der Waals surface area (Å²) >= 11 is 0. The van der Waals surface area contributed by atoms with Crippen LogP contribution in [0.1, 0.15) is 27.2 Å². The number of nitrogens with one attached hydrogen (secondary N) is 1. The second kappa shape index (κ2) is 5.29. The van der Waals surface area contributed by atoms with Crippen LogP contribution in [0, 0.1) is 0 Å². The molecule has 1 N–H and O–H groups in total. The lowest BCUT2D eigenvalue weighted by molar-refractivity contribution is -0.131. The molecule has 1 fully saturated rings. The standard InChI is InChI=1S/C14H21N3O3S/c1-14(2,3)17-9-10(8-12(17)18)16-13-11(21(4,19)20)6-5-7-15-13/h5-7,10H,8-9H2,1-4H3,(H,15,16). The van der Waals surface area contributed by atoms with E-state index >= 15 is 0 Å². The van der Waals surface area contributed by atoms with Crippen LogP contribution in [0.3, 0.4) is 0 Å². The van der Waals surface area contributed by atoms with Crippen molar-refractivity contribution in [1.82, 2.24) is 9.88 Å². The van der Waals surface area contributed by atoms with Gasteiger partial charge in [-0.05, 0) is 32.9 Å². The van der Waals surface area contributed by atoms with Gasteiger partial charge in [-0.1, -0.05) is 0 Å². The Morgan fingerprint density at radius 1 is 1.38 bits per heavy atom. The average Bonchev–Trinajstić information content (AvgIpc) is 2.69. The van der Waals surface area contributed by atoms with Crippen molar-refractivity contribution < 1.29 is 13.2 Å². The highest BCUT2D eigenvalue weighted by Crippen LogP contribution is 2.25. The highest BCUT2D eigenvalue weighted by molar-refractivity contribution is 7.90. The summed E-state index contributed by atoms with van der Waals surface area (Å²) < 4.78 is 23.5. The number of likely N-dealkylation sites (tertiary alicyclic amines) is 1. The van der Waals surface area contributed by atoms with Gasteiger partial charge in [-0.25, -0.2) is 13.4 Å². The van der Waals surface area contributed by atoms with Crippen molar-refractivity contribution in [2.24, 2.45) is 0 Å². The van der Waals surface area contributed by atoms with E-state index in [1.807, 2.05) is 20.8 Å². The fourth-order valence-electron chi connectivity index (χ4n) is 2.44. The maximum atomic E-state index is 12.1. The Hall–Kier alpha value is -1.63. The first-order valence-electron chi connectivity index (χ1n) is 6.81. The molecule has 1 unspecified atom stereocenters. The molecule has 1 atom stereocenters. The van der Waals surface area contributed by atoms with Crippen molar-refractivity contribution in [3.63, 3.8) is 0 Å². The van der Waals surface area contributed by atoms with Gasteiger partial charge in [-0.3, -0.25) is 4.79 Å². The number of amides is 1. The van der Waals surface area contributed by atoms with Gasteiger partial charge in [0.1, 0.15) is 10.7 Å². The number of anilines is 1. The first kappa shape index (κ1) is 15.8. The quantitative estimate of drug-likeness (QED) is 0.910. The zero-order chi connectivity index (χ0) is 15.8. The summed E-state index contributed by atoms with van der Waals surface area (Å²) in [4.78, 5) is 18.1. The van der Waals surface area contributed by atoms with Crippen LogP contribution in [0.5, 0.6) is 0 Å². The molecule has 0 bridgehead atoms. The third kappa shape index (κ3) is 3.53. The molecular weight excluding hydrogens is 290 g/mol. The summed E-state index contributed by atoms with van der Waals surface area (Å²) in [5.41, 5.74) is -0.239. The summed E-state index contributed by atoms with van der Waals surface area (Å²) in [6.07, 6.45) is 3.03. The summed E-state index contributed by atoms with van der Waals surface area (Å²) in [7, 11) is -3.35. The molecule has 1 aromatic rings. The third-order valence-corrected chi connectivity index (χ3v) is 4.57. The van der Waals surface area contributed by atoms with Crippen LogP contribution < -0.4 is 5.32 Å². The Morgan fingerprint density at radius 2 is 2.05 bits per heavy atom. The van der Waals surface area contributed by atoms with Crippen LogP contribution in [-0.4, -0.2) is 48.6 Å². The zero-order valence-electron chi connectivity index (χ0n) is 12.8. The molecule has 21 heavy (non-hydrogen) atoms. The lowest BCUT2D eigenvalue weighted by Gasteiger charge is -2.32. The summed E-state index contributed by atoms with van der Waals surface area (Å²) in [6, 6.07) is 2.97. The van der Waals surface area contributed by atoms with Crippen molar-refractivity contribution in [3.05, 3.63) is 18.3 Å². The number of pyridine rings is 1. The SMILES string of the molecule is CC(C)(C)N1CC(Nc2ncccc2S(C)(=O)=O)CC1=O. The number of aromatic nitrogens is 1. The molecule has 2 rings (SSSR count). The molecule has 1 aromatic heterocycles. The zero-order valence-corrected chi connectivity index (χ0v) is 13.6. The Labute approximate surface area is 125 Å². The molecule has 7 heteroatoms. The van der Waals surface area contributed by atoms with Crippen molar-refractivity contribution >= 4 is 21.6 Å². The predicted molar refractivity (Wildman–Crippen MR) is 80.8 cm³/mol. The number of sulfone groups is 1. The van der Waals surface area contributed by atoms with Gasteiger partial charge in [-0.2, -0.15) is 0 Å². The summed E-state index contributed by atoms with van der Waals surface area (Å²) in [5, 5.41) is 3.10. The van der Waals surface area contributed by atoms with E-state index in [1.165, 1.54) is 12.3 Å². The molecule has 116 valence electrons. The van der Waals surface area contributed by atoms with Gasteiger partial charge in [0.25, 0.3) is 0 Å².